The summed E-state index contributed by atoms with van der Waals surface area (Å²) in [5.74, 6) is 1.66. The Balaban J connectivity index is 1.59. The molecule has 2 aromatic carbocycles. The molecule has 0 fully saturated rings. The maximum atomic E-state index is 10.5. The number of nitrogens with zero attached hydrogens (tertiary/aromatic N) is 1. The summed E-state index contributed by atoms with van der Waals surface area (Å²) >= 11 is 0. The van der Waals surface area contributed by atoms with Crippen molar-refractivity contribution in [3.63, 3.8) is 0 Å². The Hall–Kier alpha value is -2.56. The van der Waals surface area contributed by atoms with Gasteiger partial charge in [0.25, 0.3) is 0 Å². The molecule has 0 aliphatic heterocycles. The molecule has 0 amide bonds. The van der Waals surface area contributed by atoms with Crippen LogP contribution in [-0.4, -0.2) is 29.3 Å². The Bertz CT molecular complexity index is 795. The molecular formula is C23H27NO3. The number of ether oxygens (including phenoxy) is 1. The van der Waals surface area contributed by atoms with Crippen molar-refractivity contribution in [1.29, 1.82) is 0 Å². The maximum Gasteiger partial charge on any atom is 0.119 e. The van der Waals surface area contributed by atoms with Crippen LogP contribution in [-0.2, 0) is 13.1 Å². The first-order valence-corrected chi connectivity index (χ1v) is 9.26. The second-order valence-corrected chi connectivity index (χ2v) is 7.01. The summed E-state index contributed by atoms with van der Waals surface area (Å²) < 4.78 is 11.2. The monoisotopic (exact) mass is 365 g/mol. The molecule has 0 radical (unpaired) electrons. The SMILES string of the molecule is Cc1ccc(CN(Cc2ccco2)CC(O)COc2ccc(C)cc2)cc1. The minimum absolute atomic E-state index is 0.256. The molecule has 0 aliphatic carbocycles. The molecule has 0 aliphatic rings. The minimum atomic E-state index is -0.591. The third-order valence-corrected chi connectivity index (χ3v) is 4.42. The molecule has 1 aromatic heterocycles. The topological polar surface area (TPSA) is 45.8 Å². The van der Waals surface area contributed by atoms with Gasteiger partial charge in [-0.1, -0.05) is 47.5 Å². The molecule has 1 unspecified atom stereocenters. The number of hydrogen-bond donors (Lipinski definition) is 1. The lowest BCUT2D eigenvalue weighted by Gasteiger charge is -2.24. The van der Waals surface area contributed by atoms with Crippen molar-refractivity contribution in [3.8, 4) is 5.75 Å². The van der Waals surface area contributed by atoms with E-state index >= 15 is 0 Å². The van der Waals surface area contributed by atoms with E-state index in [2.05, 4.69) is 36.1 Å². The lowest BCUT2D eigenvalue weighted by atomic mass is 10.1. The van der Waals surface area contributed by atoms with Crippen molar-refractivity contribution < 1.29 is 14.3 Å². The van der Waals surface area contributed by atoms with Crippen LogP contribution in [0.3, 0.4) is 0 Å². The van der Waals surface area contributed by atoms with Crippen LogP contribution in [0.2, 0.25) is 0 Å². The highest BCUT2D eigenvalue weighted by Gasteiger charge is 2.15. The van der Waals surface area contributed by atoms with Gasteiger partial charge in [0, 0.05) is 13.1 Å². The van der Waals surface area contributed by atoms with Crippen LogP contribution < -0.4 is 4.74 Å². The second kappa shape index (κ2) is 9.40. The number of aliphatic hydroxyl groups excluding tert-OH is 1. The predicted molar refractivity (Wildman–Crippen MR) is 107 cm³/mol. The molecule has 1 N–H and O–H groups in total. The third kappa shape index (κ3) is 6.27. The molecule has 3 aromatic rings. The molecule has 0 saturated heterocycles. The van der Waals surface area contributed by atoms with Crippen LogP contribution in [0, 0.1) is 13.8 Å². The first kappa shape index (κ1) is 19.2. The summed E-state index contributed by atoms with van der Waals surface area (Å²) in [6.45, 7) is 6.25. The minimum Gasteiger partial charge on any atom is -0.491 e. The molecule has 0 spiro atoms. The van der Waals surface area contributed by atoms with Gasteiger partial charge in [-0.15, -0.1) is 0 Å². The smallest absolute Gasteiger partial charge is 0.119 e. The Morgan fingerprint density at radius 3 is 2.22 bits per heavy atom. The zero-order valence-corrected chi connectivity index (χ0v) is 16.0. The van der Waals surface area contributed by atoms with Gasteiger partial charge in [0.2, 0.25) is 0 Å². The lowest BCUT2D eigenvalue weighted by molar-refractivity contribution is 0.0604. The van der Waals surface area contributed by atoms with Crippen molar-refractivity contribution >= 4 is 0 Å². The zero-order chi connectivity index (χ0) is 19.1. The van der Waals surface area contributed by atoms with Crippen LogP contribution in [0.15, 0.2) is 71.3 Å². The van der Waals surface area contributed by atoms with Gasteiger partial charge in [0.1, 0.15) is 24.2 Å². The van der Waals surface area contributed by atoms with Crippen LogP contribution in [0.5, 0.6) is 5.75 Å². The summed E-state index contributed by atoms with van der Waals surface area (Å²) in [7, 11) is 0. The average molecular weight is 365 g/mol. The van der Waals surface area contributed by atoms with Gasteiger partial charge < -0.3 is 14.3 Å². The van der Waals surface area contributed by atoms with E-state index in [4.69, 9.17) is 9.15 Å². The van der Waals surface area contributed by atoms with Gasteiger partial charge in [0.05, 0.1) is 12.8 Å². The number of aryl methyl sites for hydroxylation is 2. The van der Waals surface area contributed by atoms with Gasteiger partial charge in [-0.25, -0.2) is 0 Å². The van der Waals surface area contributed by atoms with Gasteiger partial charge in [-0.2, -0.15) is 0 Å². The summed E-state index contributed by atoms with van der Waals surface area (Å²) in [5, 5.41) is 10.5. The lowest BCUT2D eigenvalue weighted by Crippen LogP contribution is -2.35. The van der Waals surface area contributed by atoms with Crippen LogP contribution in [0.25, 0.3) is 0 Å². The van der Waals surface area contributed by atoms with E-state index in [0.29, 0.717) is 13.1 Å². The fraction of sp³-hybridized carbons (Fsp3) is 0.304. The molecule has 0 saturated carbocycles. The van der Waals surface area contributed by atoms with E-state index in [-0.39, 0.29) is 6.61 Å². The van der Waals surface area contributed by atoms with Gasteiger partial charge in [0.15, 0.2) is 0 Å². The number of benzene rings is 2. The molecule has 1 atom stereocenters. The molecular weight excluding hydrogens is 338 g/mol. The third-order valence-electron chi connectivity index (χ3n) is 4.42. The highest BCUT2D eigenvalue weighted by molar-refractivity contribution is 5.26. The normalized spacial score (nSPS) is 12.3. The summed E-state index contributed by atoms with van der Waals surface area (Å²) in [6.07, 6.45) is 1.09. The van der Waals surface area contributed by atoms with Crippen molar-refractivity contribution in [2.75, 3.05) is 13.2 Å². The van der Waals surface area contributed by atoms with Crippen molar-refractivity contribution in [2.45, 2.75) is 33.0 Å². The van der Waals surface area contributed by atoms with E-state index in [9.17, 15) is 5.11 Å². The molecule has 142 valence electrons. The second-order valence-electron chi connectivity index (χ2n) is 7.01. The van der Waals surface area contributed by atoms with E-state index in [1.165, 1.54) is 16.7 Å². The van der Waals surface area contributed by atoms with Crippen LogP contribution in [0.4, 0.5) is 0 Å². The van der Waals surface area contributed by atoms with Crippen LogP contribution in [0.1, 0.15) is 22.5 Å². The first-order chi connectivity index (χ1) is 13.1. The number of furan rings is 1. The average Bonchev–Trinajstić information content (AvgIpc) is 3.16. The summed E-state index contributed by atoms with van der Waals surface area (Å²) in [5.41, 5.74) is 3.63. The number of rotatable bonds is 9. The predicted octanol–water partition coefficient (Wildman–Crippen LogP) is 4.34. The molecule has 4 nitrogen and oxygen atoms in total. The van der Waals surface area contributed by atoms with E-state index in [1.807, 2.05) is 43.3 Å². The quantitative estimate of drug-likeness (QED) is 0.613. The molecule has 4 heteroatoms. The highest BCUT2D eigenvalue weighted by atomic mass is 16.5. The standard InChI is InChI=1S/C23H27NO3/c1-18-5-9-20(10-6-18)14-24(16-23-4-3-13-26-23)15-21(25)17-27-22-11-7-19(2)8-12-22/h3-13,21,25H,14-17H2,1-2H3. The molecule has 1 heterocycles. The summed E-state index contributed by atoms with van der Waals surface area (Å²) in [6, 6.07) is 20.2. The summed E-state index contributed by atoms with van der Waals surface area (Å²) in [4.78, 5) is 2.17. The highest BCUT2D eigenvalue weighted by Crippen LogP contribution is 2.14. The van der Waals surface area contributed by atoms with Crippen molar-refractivity contribution in [2.24, 2.45) is 0 Å². The maximum absolute atomic E-state index is 10.5. The molecule has 3 rings (SSSR count). The van der Waals surface area contributed by atoms with E-state index < -0.39 is 6.10 Å². The van der Waals surface area contributed by atoms with Gasteiger partial charge in [-0.05, 0) is 43.7 Å². The van der Waals surface area contributed by atoms with E-state index in [0.717, 1.165) is 18.1 Å². The fourth-order valence-electron chi connectivity index (χ4n) is 2.94. The Morgan fingerprint density at radius 2 is 1.59 bits per heavy atom. The molecule has 27 heavy (non-hydrogen) atoms. The van der Waals surface area contributed by atoms with Gasteiger partial charge >= 0.3 is 0 Å². The number of hydrogen-bond acceptors (Lipinski definition) is 4. The largest absolute Gasteiger partial charge is 0.491 e. The fourth-order valence-corrected chi connectivity index (χ4v) is 2.94. The molecule has 0 bridgehead atoms. The van der Waals surface area contributed by atoms with E-state index in [1.54, 1.807) is 6.26 Å². The Kier molecular flexibility index (Phi) is 6.69. The number of aliphatic hydroxyl groups is 1. The van der Waals surface area contributed by atoms with Crippen LogP contribution >= 0.6 is 0 Å². The Labute approximate surface area is 161 Å². The van der Waals surface area contributed by atoms with Crippen molar-refractivity contribution in [3.05, 3.63) is 89.4 Å². The van der Waals surface area contributed by atoms with Gasteiger partial charge in [-0.3, -0.25) is 4.90 Å². The first-order valence-electron chi connectivity index (χ1n) is 9.26. The Morgan fingerprint density at radius 1 is 0.926 bits per heavy atom. The van der Waals surface area contributed by atoms with Crippen molar-refractivity contribution in [1.82, 2.24) is 4.90 Å². The zero-order valence-electron chi connectivity index (χ0n) is 16.0.